The van der Waals surface area contributed by atoms with Crippen molar-refractivity contribution in [1.82, 2.24) is 4.98 Å². The van der Waals surface area contributed by atoms with Crippen LogP contribution in [-0.4, -0.2) is 11.5 Å². The molecule has 0 unspecified atom stereocenters. The predicted molar refractivity (Wildman–Crippen MR) is 99.0 cm³/mol. The lowest BCUT2D eigenvalue weighted by atomic mass is 10.0. The van der Waals surface area contributed by atoms with Crippen molar-refractivity contribution in [1.29, 1.82) is 0 Å². The van der Waals surface area contributed by atoms with Gasteiger partial charge < -0.3 is 10.7 Å². The van der Waals surface area contributed by atoms with Crippen LogP contribution in [0.2, 0.25) is 0 Å². The molecule has 21 heavy (non-hydrogen) atoms. The van der Waals surface area contributed by atoms with Crippen molar-refractivity contribution >= 4 is 54.1 Å². The summed E-state index contributed by atoms with van der Waals surface area (Å²) in [6, 6.07) is 8.52. The van der Waals surface area contributed by atoms with Crippen LogP contribution in [0, 0.1) is 0 Å². The molecular weight excluding hydrogens is 412 g/mol. The lowest BCUT2D eigenvalue weighted by molar-refractivity contribution is 0.748. The molecule has 3 rings (SSSR count). The Labute approximate surface area is 145 Å². The van der Waals surface area contributed by atoms with Gasteiger partial charge in [-0.2, -0.15) is 0 Å². The highest BCUT2D eigenvalue weighted by molar-refractivity contribution is 9.10. The van der Waals surface area contributed by atoms with Gasteiger partial charge in [-0.25, -0.2) is 0 Å². The van der Waals surface area contributed by atoms with E-state index in [1.165, 1.54) is 27.0 Å². The van der Waals surface area contributed by atoms with E-state index in [-0.39, 0.29) is 0 Å². The Balaban J connectivity index is 2.13. The van der Waals surface area contributed by atoms with E-state index in [0.717, 1.165) is 34.8 Å². The first kappa shape index (κ1) is 15.3. The number of aromatic amines is 1. The van der Waals surface area contributed by atoms with Gasteiger partial charge in [0.2, 0.25) is 0 Å². The van der Waals surface area contributed by atoms with E-state index in [2.05, 4.69) is 66.5 Å². The van der Waals surface area contributed by atoms with Gasteiger partial charge in [0.1, 0.15) is 0 Å². The molecule has 0 aliphatic heterocycles. The number of unbranched alkanes of at least 4 members (excludes halogenated alkanes) is 1. The summed E-state index contributed by atoms with van der Waals surface area (Å²) in [6.45, 7) is 0.754. The maximum absolute atomic E-state index is 5.64. The van der Waals surface area contributed by atoms with Crippen LogP contribution < -0.4 is 5.73 Å². The molecule has 1 aromatic carbocycles. The van der Waals surface area contributed by atoms with Gasteiger partial charge in [-0.3, -0.25) is 0 Å². The summed E-state index contributed by atoms with van der Waals surface area (Å²) in [6.07, 6.45) is 3.23. The molecule has 3 N–H and O–H groups in total. The summed E-state index contributed by atoms with van der Waals surface area (Å²) in [5.41, 5.74) is 9.46. The number of nitrogens with one attached hydrogen (secondary N) is 1. The van der Waals surface area contributed by atoms with Crippen LogP contribution in [0.1, 0.15) is 18.4 Å². The maximum atomic E-state index is 5.64. The second-order valence-corrected chi connectivity index (χ2v) is 7.70. The zero-order valence-corrected chi connectivity index (χ0v) is 15.4. The first-order chi connectivity index (χ1) is 10.2. The average molecular weight is 428 g/mol. The molecule has 0 radical (unpaired) electrons. The van der Waals surface area contributed by atoms with Crippen molar-refractivity contribution in [3.05, 3.63) is 44.2 Å². The van der Waals surface area contributed by atoms with Gasteiger partial charge in [0.15, 0.2) is 0 Å². The Morgan fingerprint density at radius 3 is 2.71 bits per heavy atom. The summed E-state index contributed by atoms with van der Waals surface area (Å²) < 4.78 is 2.27. The molecule has 2 aromatic heterocycles. The van der Waals surface area contributed by atoms with Crippen LogP contribution in [0.5, 0.6) is 0 Å². The fourth-order valence-corrected chi connectivity index (χ4v) is 4.55. The molecule has 3 aromatic rings. The van der Waals surface area contributed by atoms with Crippen LogP contribution in [0.25, 0.3) is 21.5 Å². The summed E-state index contributed by atoms with van der Waals surface area (Å²) in [4.78, 5) is 4.86. The normalized spacial score (nSPS) is 11.4. The van der Waals surface area contributed by atoms with Gasteiger partial charge >= 0.3 is 0 Å². The minimum absolute atomic E-state index is 0.754. The molecule has 2 heterocycles. The van der Waals surface area contributed by atoms with Gasteiger partial charge in [0.25, 0.3) is 0 Å². The van der Waals surface area contributed by atoms with E-state index in [1.807, 2.05) is 0 Å². The highest BCUT2D eigenvalue weighted by Crippen LogP contribution is 2.39. The van der Waals surface area contributed by atoms with Gasteiger partial charge in [-0.15, -0.1) is 11.3 Å². The largest absolute Gasteiger partial charge is 0.354 e. The second kappa shape index (κ2) is 6.65. The van der Waals surface area contributed by atoms with E-state index in [1.54, 1.807) is 11.3 Å². The standard InChI is InChI=1S/C16H16Br2N2S/c17-10-4-5-14-12(9-10)11(3-1-2-7-19)15(20-14)16-13(18)6-8-21-16/h4-6,8-9,20H,1-3,7,19H2. The van der Waals surface area contributed by atoms with E-state index in [4.69, 9.17) is 5.73 Å². The Hall–Kier alpha value is -0.620. The quantitative estimate of drug-likeness (QED) is 0.503. The summed E-state index contributed by atoms with van der Waals surface area (Å²) in [5, 5.41) is 3.42. The van der Waals surface area contributed by atoms with Crippen molar-refractivity contribution in [3.63, 3.8) is 0 Å². The summed E-state index contributed by atoms with van der Waals surface area (Å²) in [7, 11) is 0. The third-order valence-electron chi connectivity index (χ3n) is 3.59. The van der Waals surface area contributed by atoms with Crippen molar-refractivity contribution in [2.24, 2.45) is 5.73 Å². The van der Waals surface area contributed by atoms with E-state index in [0.29, 0.717) is 0 Å². The number of fused-ring (bicyclic) bond motifs is 1. The van der Waals surface area contributed by atoms with Gasteiger partial charge in [-0.05, 0) is 76.9 Å². The Bertz CT molecular complexity index is 761. The van der Waals surface area contributed by atoms with E-state index in [9.17, 15) is 0 Å². The molecule has 0 bridgehead atoms. The number of hydrogen-bond acceptors (Lipinski definition) is 2. The Morgan fingerprint density at radius 2 is 2.00 bits per heavy atom. The Kier molecular flexibility index (Phi) is 4.84. The molecule has 2 nitrogen and oxygen atoms in total. The van der Waals surface area contributed by atoms with Crippen LogP contribution >= 0.6 is 43.2 Å². The topological polar surface area (TPSA) is 41.8 Å². The molecular formula is C16H16Br2N2S. The smallest absolute Gasteiger partial charge is 0.0650 e. The number of aryl methyl sites for hydroxylation is 1. The number of hydrogen-bond donors (Lipinski definition) is 2. The number of halogens is 2. The first-order valence-corrected chi connectivity index (χ1v) is 9.41. The molecule has 5 heteroatoms. The number of benzene rings is 1. The van der Waals surface area contributed by atoms with E-state index < -0.39 is 0 Å². The lowest BCUT2D eigenvalue weighted by Gasteiger charge is -2.04. The highest BCUT2D eigenvalue weighted by atomic mass is 79.9. The zero-order valence-electron chi connectivity index (χ0n) is 11.5. The van der Waals surface area contributed by atoms with Crippen molar-refractivity contribution < 1.29 is 0 Å². The maximum Gasteiger partial charge on any atom is 0.0650 e. The molecule has 0 spiro atoms. The third kappa shape index (κ3) is 3.11. The van der Waals surface area contributed by atoms with Crippen LogP contribution in [0.15, 0.2) is 38.6 Å². The third-order valence-corrected chi connectivity index (χ3v) is 5.94. The first-order valence-electron chi connectivity index (χ1n) is 6.94. The van der Waals surface area contributed by atoms with Crippen molar-refractivity contribution in [3.8, 4) is 10.6 Å². The van der Waals surface area contributed by atoms with E-state index >= 15 is 0 Å². The van der Waals surface area contributed by atoms with Crippen molar-refractivity contribution in [2.75, 3.05) is 6.54 Å². The zero-order chi connectivity index (χ0) is 14.8. The van der Waals surface area contributed by atoms with Crippen LogP contribution in [-0.2, 0) is 6.42 Å². The molecule has 0 amide bonds. The fourth-order valence-electron chi connectivity index (χ4n) is 2.59. The SMILES string of the molecule is NCCCCc1c(-c2sccc2Br)[nH]c2ccc(Br)cc12. The second-order valence-electron chi connectivity index (χ2n) is 5.01. The average Bonchev–Trinajstić information content (AvgIpc) is 3.03. The Morgan fingerprint density at radius 1 is 1.14 bits per heavy atom. The molecule has 0 saturated carbocycles. The minimum Gasteiger partial charge on any atom is -0.354 e. The van der Waals surface area contributed by atoms with Gasteiger partial charge in [-0.1, -0.05) is 15.9 Å². The van der Waals surface area contributed by atoms with Crippen LogP contribution in [0.3, 0.4) is 0 Å². The van der Waals surface area contributed by atoms with Crippen molar-refractivity contribution in [2.45, 2.75) is 19.3 Å². The van der Waals surface area contributed by atoms with Gasteiger partial charge in [0, 0.05) is 19.8 Å². The monoisotopic (exact) mass is 426 g/mol. The molecule has 110 valence electrons. The van der Waals surface area contributed by atoms with Gasteiger partial charge in [0.05, 0.1) is 10.6 Å². The van der Waals surface area contributed by atoms with Crippen LogP contribution in [0.4, 0.5) is 0 Å². The number of rotatable bonds is 5. The highest BCUT2D eigenvalue weighted by Gasteiger charge is 2.16. The molecule has 0 atom stereocenters. The minimum atomic E-state index is 0.754. The molecule has 0 aliphatic carbocycles. The number of thiophene rings is 1. The predicted octanol–water partition coefficient (Wildman–Crippen LogP) is 5.70. The summed E-state index contributed by atoms with van der Waals surface area (Å²) >= 11 is 8.99. The molecule has 0 fully saturated rings. The fraction of sp³-hybridized carbons (Fsp3) is 0.250. The number of H-pyrrole nitrogens is 1. The number of aromatic nitrogens is 1. The summed E-state index contributed by atoms with van der Waals surface area (Å²) in [5.74, 6) is 0. The number of nitrogens with two attached hydrogens (primary N) is 1. The lowest BCUT2D eigenvalue weighted by Crippen LogP contribution is -1.99. The molecule has 0 saturated heterocycles. The molecule has 0 aliphatic rings.